The number of aliphatic hydroxyl groups excluding tert-OH is 1. The molecule has 0 saturated heterocycles. The fraction of sp³-hybridized carbons (Fsp3) is 0.353. The van der Waals surface area contributed by atoms with Gasteiger partial charge in [0.25, 0.3) is 0 Å². The second kappa shape index (κ2) is 5.96. The zero-order chi connectivity index (χ0) is 17.6. The molecule has 0 atom stereocenters. The van der Waals surface area contributed by atoms with Crippen molar-refractivity contribution in [1.29, 1.82) is 0 Å². The number of nitrogens with zero attached hydrogens (tertiary/aromatic N) is 4. The van der Waals surface area contributed by atoms with Gasteiger partial charge in [-0.15, -0.1) is 0 Å². The summed E-state index contributed by atoms with van der Waals surface area (Å²) in [6, 6.07) is 4.70. The lowest BCUT2D eigenvalue weighted by atomic mass is 10.2. The van der Waals surface area contributed by atoms with Crippen LogP contribution < -0.4 is 10.1 Å². The van der Waals surface area contributed by atoms with E-state index in [1.807, 2.05) is 6.07 Å². The van der Waals surface area contributed by atoms with Gasteiger partial charge >= 0.3 is 0 Å². The fourth-order valence-corrected chi connectivity index (χ4v) is 2.94. The second-order valence-electron chi connectivity index (χ2n) is 5.98. The molecule has 8 heteroatoms. The van der Waals surface area contributed by atoms with Crippen molar-refractivity contribution < 1.29 is 14.2 Å². The first-order chi connectivity index (χ1) is 12.2. The molecule has 0 aliphatic heterocycles. The summed E-state index contributed by atoms with van der Waals surface area (Å²) in [7, 11) is 3.21. The van der Waals surface area contributed by atoms with Gasteiger partial charge in [-0.1, -0.05) is 0 Å². The molecule has 1 aliphatic carbocycles. The molecule has 1 saturated carbocycles. The summed E-state index contributed by atoms with van der Waals surface area (Å²) in [5, 5.41) is 17.1. The highest BCUT2D eigenvalue weighted by atomic mass is 19.1. The molecular formula is C17H18FN5O2. The number of anilines is 1. The van der Waals surface area contributed by atoms with Crippen LogP contribution in [0.5, 0.6) is 5.75 Å². The first-order valence-corrected chi connectivity index (χ1v) is 8.08. The molecule has 3 heterocycles. The van der Waals surface area contributed by atoms with Gasteiger partial charge in [-0.05, 0) is 25.0 Å². The van der Waals surface area contributed by atoms with Gasteiger partial charge in [0.2, 0.25) is 0 Å². The predicted octanol–water partition coefficient (Wildman–Crippen LogP) is 2.35. The maximum absolute atomic E-state index is 13.8. The van der Waals surface area contributed by atoms with Crippen molar-refractivity contribution in [2.45, 2.75) is 25.4 Å². The molecule has 130 valence electrons. The number of nitrogens with one attached hydrogen (secondary N) is 1. The second-order valence-corrected chi connectivity index (χ2v) is 5.98. The number of hydrogen-bond donors (Lipinski definition) is 2. The Bertz CT molecular complexity index is 952. The summed E-state index contributed by atoms with van der Waals surface area (Å²) in [5.41, 5.74) is 2.90. The first-order valence-electron chi connectivity index (χ1n) is 8.08. The number of aromatic nitrogens is 4. The van der Waals surface area contributed by atoms with Crippen LogP contribution in [0.15, 0.2) is 18.2 Å². The van der Waals surface area contributed by atoms with E-state index < -0.39 is 5.82 Å². The van der Waals surface area contributed by atoms with Crippen molar-refractivity contribution in [3.8, 4) is 17.1 Å². The Morgan fingerprint density at radius 1 is 1.36 bits per heavy atom. The van der Waals surface area contributed by atoms with E-state index in [-0.39, 0.29) is 12.4 Å². The molecular weight excluding hydrogens is 325 g/mol. The van der Waals surface area contributed by atoms with Crippen LogP contribution in [0.1, 0.15) is 30.1 Å². The predicted molar refractivity (Wildman–Crippen MR) is 90.2 cm³/mol. The topological polar surface area (TPSA) is 84.6 Å². The minimum atomic E-state index is -0.445. The Hall–Kier alpha value is -2.74. The van der Waals surface area contributed by atoms with Crippen LogP contribution in [0.4, 0.5) is 10.2 Å². The molecule has 7 nitrogen and oxygen atoms in total. The largest absolute Gasteiger partial charge is 0.495 e. The third-order valence-corrected chi connectivity index (χ3v) is 4.33. The quantitative estimate of drug-likeness (QED) is 0.740. The Labute approximate surface area is 143 Å². The number of rotatable bonds is 5. The average Bonchev–Trinajstić information content (AvgIpc) is 3.42. The summed E-state index contributed by atoms with van der Waals surface area (Å²) >= 11 is 0. The smallest absolute Gasteiger partial charge is 0.165 e. The number of hydrogen-bond acceptors (Lipinski definition) is 6. The maximum Gasteiger partial charge on any atom is 0.165 e. The van der Waals surface area contributed by atoms with Gasteiger partial charge < -0.3 is 15.2 Å². The number of imidazole rings is 1. The van der Waals surface area contributed by atoms with Crippen LogP contribution in [0, 0.1) is 5.82 Å². The third kappa shape index (κ3) is 2.58. The van der Waals surface area contributed by atoms with Gasteiger partial charge in [0.15, 0.2) is 17.3 Å². The summed E-state index contributed by atoms with van der Waals surface area (Å²) < 4.78 is 20.9. The number of pyridine rings is 1. The summed E-state index contributed by atoms with van der Waals surface area (Å²) in [5.74, 6) is 0.756. The molecule has 0 radical (unpaired) electrons. The van der Waals surface area contributed by atoms with E-state index in [0.29, 0.717) is 34.4 Å². The maximum atomic E-state index is 13.8. The minimum absolute atomic E-state index is 0.132. The van der Waals surface area contributed by atoms with Crippen molar-refractivity contribution >= 4 is 11.5 Å². The SMILES string of the molecule is CNc1nc(-c2c(CO)nc3cc(OC)c(C4CC4)nn23)ccc1F. The normalized spacial score (nSPS) is 14.1. The van der Waals surface area contributed by atoms with Gasteiger partial charge in [0, 0.05) is 19.0 Å². The zero-order valence-electron chi connectivity index (χ0n) is 14.0. The van der Waals surface area contributed by atoms with Crippen LogP contribution in [0.3, 0.4) is 0 Å². The van der Waals surface area contributed by atoms with Crippen LogP contribution in [0.25, 0.3) is 17.0 Å². The number of ether oxygens (including phenoxy) is 1. The van der Waals surface area contributed by atoms with Crippen molar-refractivity contribution in [3.63, 3.8) is 0 Å². The molecule has 3 aromatic rings. The summed E-state index contributed by atoms with van der Waals surface area (Å²) in [6.07, 6.45) is 2.15. The highest BCUT2D eigenvalue weighted by Crippen LogP contribution is 2.43. The van der Waals surface area contributed by atoms with Crippen molar-refractivity contribution in [1.82, 2.24) is 19.6 Å². The zero-order valence-corrected chi connectivity index (χ0v) is 14.0. The number of aliphatic hydroxyl groups is 1. The van der Waals surface area contributed by atoms with Crippen LogP contribution in [-0.4, -0.2) is 38.8 Å². The molecule has 0 spiro atoms. The Balaban J connectivity index is 1.97. The molecule has 2 N–H and O–H groups in total. The molecule has 1 fully saturated rings. The minimum Gasteiger partial charge on any atom is -0.495 e. The van der Waals surface area contributed by atoms with E-state index >= 15 is 0 Å². The van der Waals surface area contributed by atoms with Crippen molar-refractivity contribution in [2.75, 3.05) is 19.5 Å². The lowest BCUT2D eigenvalue weighted by Gasteiger charge is -2.09. The highest BCUT2D eigenvalue weighted by Gasteiger charge is 2.30. The number of fused-ring (bicyclic) bond motifs is 1. The molecule has 0 bridgehead atoms. The Morgan fingerprint density at radius 3 is 2.80 bits per heavy atom. The van der Waals surface area contributed by atoms with Crippen LogP contribution in [0.2, 0.25) is 0 Å². The lowest BCUT2D eigenvalue weighted by Crippen LogP contribution is -2.04. The third-order valence-electron chi connectivity index (χ3n) is 4.33. The average molecular weight is 343 g/mol. The monoisotopic (exact) mass is 343 g/mol. The van der Waals surface area contributed by atoms with Gasteiger partial charge in [-0.25, -0.2) is 18.9 Å². The molecule has 1 aliphatic rings. The Kier molecular flexibility index (Phi) is 3.76. The van der Waals surface area contributed by atoms with Gasteiger partial charge in [-0.2, -0.15) is 5.10 Å². The van der Waals surface area contributed by atoms with Crippen LogP contribution >= 0.6 is 0 Å². The van der Waals surface area contributed by atoms with E-state index in [9.17, 15) is 9.50 Å². The van der Waals surface area contributed by atoms with E-state index in [4.69, 9.17) is 9.84 Å². The summed E-state index contributed by atoms with van der Waals surface area (Å²) in [4.78, 5) is 8.73. The number of methoxy groups -OCH3 is 1. The van der Waals surface area contributed by atoms with Gasteiger partial charge in [-0.3, -0.25) is 0 Å². The van der Waals surface area contributed by atoms with Crippen LogP contribution in [-0.2, 0) is 6.61 Å². The van der Waals surface area contributed by atoms with Gasteiger partial charge in [0.05, 0.1) is 25.1 Å². The molecule has 0 unspecified atom stereocenters. The van der Waals surface area contributed by atoms with E-state index in [2.05, 4.69) is 15.3 Å². The van der Waals surface area contributed by atoms with Crippen molar-refractivity contribution in [3.05, 3.63) is 35.4 Å². The summed E-state index contributed by atoms with van der Waals surface area (Å²) in [6.45, 7) is -0.270. The molecule has 25 heavy (non-hydrogen) atoms. The standard InChI is InChI=1S/C17H18FN5O2/c1-19-17-10(18)5-6-11(21-17)16-12(8-24)20-14-7-13(25-2)15(9-3-4-9)22-23(14)16/h5-7,9,24H,3-4,8H2,1-2H3,(H,19,21). The van der Waals surface area contributed by atoms with Crippen molar-refractivity contribution in [2.24, 2.45) is 0 Å². The molecule has 4 rings (SSSR count). The van der Waals surface area contributed by atoms with E-state index in [1.165, 1.54) is 6.07 Å². The Morgan fingerprint density at radius 2 is 2.16 bits per heavy atom. The highest BCUT2D eigenvalue weighted by molar-refractivity contribution is 5.66. The van der Waals surface area contributed by atoms with Gasteiger partial charge in [0.1, 0.15) is 17.1 Å². The lowest BCUT2D eigenvalue weighted by molar-refractivity contribution is 0.278. The molecule has 0 amide bonds. The molecule has 3 aromatic heterocycles. The van der Waals surface area contributed by atoms with E-state index in [1.54, 1.807) is 24.7 Å². The van der Waals surface area contributed by atoms with E-state index in [0.717, 1.165) is 18.5 Å². The molecule has 0 aromatic carbocycles. The first kappa shape index (κ1) is 15.8. The fourth-order valence-electron chi connectivity index (χ4n) is 2.94. The number of halogens is 1.